The van der Waals surface area contributed by atoms with Gasteiger partial charge in [-0.2, -0.15) is 0 Å². The second-order valence-electron chi connectivity index (χ2n) is 8.76. The highest BCUT2D eigenvalue weighted by atomic mass is 16.5. The molecule has 2 aromatic rings. The Morgan fingerprint density at radius 2 is 1.93 bits per heavy atom. The quantitative estimate of drug-likeness (QED) is 0.707. The predicted molar refractivity (Wildman–Crippen MR) is 112 cm³/mol. The normalized spacial score (nSPS) is 19.4. The van der Waals surface area contributed by atoms with Crippen LogP contribution in [0.15, 0.2) is 24.3 Å². The molecule has 2 aliphatic carbocycles. The second-order valence-corrected chi connectivity index (χ2v) is 8.76. The molecule has 1 heterocycles. The van der Waals surface area contributed by atoms with E-state index >= 15 is 0 Å². The van der Waals surface area contributed by atoms with Crippen LogP contribution in [0.1, 0.15) is 71.9 Å². The summed E-state index contributed by atoms with van der Waals surface area (Å²) >= 11 is 0. The fourth-order valence-electron chi connectivity index (χ4n) is 4.64. The molecule has 3 aliphatic rings. The van der Waals surface area contributed by atoms with E-state index in [4.69, 9.17) is 9.47 Å². The van der Waals surface area contributed by atoms with Gasteiger partial charge in [-0.25, -0.2) is 4.79 Å². The van der Waals surface area contributed by atoms with E-state index in [9.17, 15) is 9.90 Å². The minimum absolute atomic E-state index is 0.0750. The van der Waals surface area contributed by atoms with Gasteiger partial charge in [0.1, 0.15) is 5.75 Å². The van der Waals surface area contributed by atoms with E-state index in [1.54, 1.807) is 0 Å². The Morgan fingerprint density at radius 1 is 1.14 bits per heavy atom. The van der Waals surface area contributed by atoms with Crippen LogP contribution >= 0.6 is 0 Å². The predicted octanol–water partition coefficient (Wildman–Crippen LogP) is 5.48. The number of carboxylic acids is 1. The lowest BCUT2D eigenvalue weighted by atomic mass is 9.83. The molecule has 1 atom stereocenters. The number of benzene rings is 2. The van der Waals surface area contributed by atoms with Crippen molar-refractivity contribution in [3.05, 3.63) is 52.1 Å². The molecule has 0 spiro atoms. The zero-order valence-electron chi connectivity index (χ0n) is 17.2. The van der Waals surface area contributed by atoms with Crippen LogP contribution in [0.3, 0.4) is 0 Å². The minimum Gasteiger partial charge on any atom is -0.493 e. The van der Waals surface area contributed by atoms with E-state index in [-0.39, 0.29) is 6.10 Å². The molecule has 29 heavy (non-hydrogen) atoms. The first kappa shape index (κ1) is 18.7. The third kappa shape index (κ3) is 3.44. The summed E-state index contributed by atoms with van der Waals surface area (Å²) < 4.78 is 11.9. The van der Waals surface area contributed by atoms with Crippen LogP contribution in [0.25, 0.3) is 11.1 Å². The van der Waals surface area contributed by atoms with Crippen LogP contribution in [0.4, 0.5) is 0 Å². The number of carboxylic acid groups (broad SMARTS) is 1. The Morgan fingerprint density at radius 3 is 2.62 bits per heavy atom. The molecule has 2 saturated carbocycles. The molecule has 1 N–H and O–H groups in total. The highest BCUT2D eigenvalue weighted by Gasteiger charge is 2.37. The van der Waals surface area contributed by atoms with Crippen molar-refractivity contribution >= 4 is 5.97 Å². The smallest absolute Gasteiger partial charge is 0.337 e. The molecule has 5 rings (SSSR count). The standard InChI is InChI=1S/C25H28O4/c1-14-5-10-20(16-6-7-16)23(22(14)24(25(26)27)29-17-8-9-17)19-11-12-21-18(15(19)2)4-3-13-28-21/h5,10-12,16-17,24H,3-4,6-9,13H2,1-2H3,(H,26,27)/t24-/m0/s1. The summed E-state index contributed by atoms with van der Waals surface area (Å²) in [7, 11) is 0. The van der Waals surface area contributed by atoms with Crippen molar-refractivity contribution in [1.82, 2.24) is 0 Å². The summed E-state index contributed by atoms with van der Waals surface area (Å²) in [6, 6.07) is 8.48. The highest BCUT2D eigenvalue weighted by molar-refractivity contribution is 5.84. The van der Waals surface area contributed by atoms with Crippen molar-refractivity contribution in [3.63, 3.8) is 0 Å². The molecule has 2 aromatic carbocycles. The Bertz CT molecular complexity index is 969. The fraction of sp³-hybridized carbons (Fsp3) is 0.480. The molecule has 0 bridgehead atoms. The molecule has 152 valence electrons. The molecule has 4 nitrogen and oxygen atoms in total. The molecule has 2 fully saturated rings. The number of hydrogen-bond donors (Lipinski definition) is 1. The molecule has 0 saturated heterocycles. The van der Waals surface area contributed by atoms with Crippen molar-refractivity contribution in [2.75, 3.05) is 6.61 Å². The number of hydrogen-bond acceptors (Lipinski definition) is 3. The highest BCUT2D eigenvalue weighted by Crippen LogP contribution is 2.49. The number of fused-ring (bicyclic) bond motifs is 1. The lowest BCUT2D eigenvalue weighted by Crippen LogP contribution is -2.19. The lowest BCUT2D eigenvalue weighted by molar-refractivity contribution is -0.151. The van der Waals surface area contributed by atoms with Gasteiger partial charge in [0.25, 0.3) is 0 Å². The third-order valence-electron chi connectivity index (χ3n) is 6.51. The molecule has 4 heteroatoms. The van der Waals surface area contributed by atoms with Crippen LogP contribution < -0.4 is 4.74 Å². The van der Waals surface area contributed by atoms with E-state index in [2.05, 4.69) is 31.2 Å². The van der Waals surface area contributed by atoms with Gasteiger partial charge in [-0.15, -0.1) is 0 Å². The maximum Gasteiger partial charge on any atom is 0.337 e. The summed E-state index contributed by atoms with van der Waals surface area (Å²) in [6.07, 6.45) is 5.44. The van der Waals surface area contributed by atoms with Gasteiger partial charge in [0.15, 0.2) is 6.10 Å². The summed E-state index contributed by atoms with van der Waals surface area (Å²) in [5.41, 5.74) is 7.81. The number of aryl methyl sites for hydroxylation is 1. The van der Waals surface area contributed by atoms with E-state index < -0.39 is 12.1 Å². The van der Waals surface area contributed by atoms with Crippen LogP contribution in [-0.4, -0.2) is 23.8 Å². The molecule has 1 aliphatic heterocycles. The van der Waals surface area contributed by atoms with Crippen molar-refractivity contribution in [1.29, 1.82) is 0 Å². The van der Waals surface area contributed by atoms with E-state index in [0.29, 0.717) is 5.92 Å². The zero-order valence-corrected chi connectivity index (χ0v) is 17.2. The number of rotatable bonds is 6. The Labute approximate surface area is 171 Å². The monoisotopic (exact) mass is 392 g/mol. The number of aliphatic carboxylic acids is 1. The van der Waals surface area contributed by atoms with Crippen molar-refractivity contribution < 1.29 is 19.4 Å². The largest absolute Gasteiger partial charge is 0.493 e. The van der Waals surface area contributed by atoms with Crippen molar-refractivity contribution in [3.8, 4) is 16.9 Å². The van der Waals surface area contributed by atoms with Crippen LogP contribution in [0.5, 0.6) is 5.75 Å². The van der Waals surface area contributed by atoms with E-state index in [1.165, 1.54) is 29.5 Å². The Kier molecular flexibility index (Phi) is 4.62. The van der Waals surface area contributed by atoms with Crippen LogP contribution in [0, 0.1) is 13.8 Å². The zero-order chi connectivity index (χ0) is 20.1. The van der Waals surface area contributed by atoms with E-state index in [1.807, 2.05) is 6.92 Å². The first-order chi connectivity index (χ1) is 14.0. The summed E-state index contributed by atoms with van der Waals surface area (Å²) in [5.74, 6) is 0.600. The number of carbonyl (C=O) groups is 1. The second kappa shape index (κ2) is 7.17. The first-order valence-electron chi connectivity index (χ1n) is 10.8. The maximum atomic E-state index is 12.3. The van der Waals surface area contributed by atoms with Gasteiger partial charge >= 0.3 is 5.97 Å². The van der Waals surface area contributed by atoms with E-state index in [0.717, 1.165) is 60.3 Å². The van der Waals surface area contributed by atoms with Crippen molar-refractivity contribution in [2.45, 2.75) is 70.5 Å². The first-order valence-corrected chi connectivity index (χ1v) is 10.8. The molecular weight excluding hydrogens is 364 g/mol. The minimum atomic E-state index is -0.914. The molecule has 0 radical (unpaired) electrons. The van der Waals surface area contributed by atoms with Gasteiger partial charge in [0.2, 0.25) is 0 Å². The third-order valence-corrected chi connectivity index (χ3v) is 6.51. The van der Waals surface area contributed by atoms with Crippen molar-refractivity contribution in [2.24, 2.45) is 0 Å². The topological polar surface area (TPSA) is 55.8 Å². The van der Waals surface area contributed by atoms with Gasteiger partial charge in [-0.1, -0.05) is 18.2 Å². The van der Waals surface area contributed by atoms with Gasteiger partial charge in [0.05, 0.1) is 12.7 Å². The molecule has 0 unspecified atom stereocenters. The molecular formula is C25H28O4. The summed E-state index contributed by atoms with van der Waals surface area (Å²) in [4.78, 5) is 12.3. The average molecular weight is 392 g/mol. The molecule has 0 aromatic heterocycles. The molecule has 0 amide bonds. The fourth-order valence-corrected chi connectivity index (χ4v) is 4.64. The summed E-state index contributed by atoms with van der Waals surface area (Å²) in [6.45, 7) is 4.94. The van der Waals surface area contributed by atoms with Crippen LogP contribution in [-0.2, 0) is 16.0 Å². The maximum absolute atomic E-state index is 12.3. The summed E-state index contributed by atoms with van der Waals surface area (Å²) in [5, 5.41) is 10.1. The van der Waals surface area contributed by atoms with Gasteiger partial charge in [-0.05, 0) is 97.7 Å². The Balaban J connectivity index is 1.73. The van der Waals surface area contributed by atoms with Gasteiger partial charge in [0, 0.05) is 5.56 Å². The van der Waals surface area contributed by atoms with Crippen LogP contribution in [0.2, 0.25) is 0 Å². The SMILES string of the molecule is Cc1ccc(C2CC2)c(-c2ccc3c(c2C)CCCO3)c1[C@H](OC1CC1)C(=O)O. The van der Waals surface area contributed by atoms with Gasteiger partial charge in [-0.3, -0.25) is 0 Å². The van der Waals surface area contributed by atoms with Gasteiger partial charge < -0.3 is 14.6 Å². The average Bonchev–Trinajstić information content (AvgIpc) is 3.61. The lowest BCUT2D eigenvalue weighted by Gasteiger charge is -2.26. The number of ether oxygens (including phenoxy) is 2. The Hall–Kier alpha value is -2.33.